The molecule has 0 heterocycles. The van der Waals surface area contributed by atoms with E-state index in [1.807, 2.05) is 30.3 Å². The summed E-state index contributed by atoms with van der Waals surface area (Å²) >= 11 is 5.53. The van der Waals surface area contributed by atoms with Crippen LogP contribution in [0, 0.1) is 11.6 Å². The van der Waals surface area contributed by atoms with Crippen LogP contribution in [0.2, 0.25) is 0 Å². The van der Waals surface area contributed by atoms with Crippen molar-refractivity contribution < 1.29 is 13.5 Å². The third kappa shape index (κ3) is 3.67. The maximum absolute atomic E-state index is 13.6. The summed E-state index contributed by atoms with van der Waals surface area (Å²) in [7, 11) is 0. The van der Waals surface area contributed by atoms with Gasteiger partial charge in [-0.15, -0.1) is 11.6 Å². The Kier molecular flexibility index (Phi) is 4.74. The van der Waals surface area contributed by atoms with Crippen molar-refractivity contribution in [1.82, 2.24) is 0 Å². The normalized spacial score (nSPS) is 10.5. The number of alkyl halides is 1. The average Bonchev–Trinajstić information content (AvgIpc) is 2.42. The molecule has 0 atom stereocenters. The van der Waals surface area contributed by atoms with E-state index in [1.54, 1.807) is 0 Å². The van der Waals surface area contributed by atoms with Gasteiger partial charge in [-0.05, 0) is 23.3 Å². The zero-order chi connectivity index (χ0) is 13.7. The van der Waals surface area contributed by atoms with Crippen LogP contribution in [0.5, 0.6) is 5.75 Å². The second kappa shape index (κ2) is 6.53. The van der Waals surface area contributed by atoms with Crippen molar-refractivity contribution in [3.8, 4) is 5.75 Å². The molecule has 100 valence electrons. The quantitative estimate of drug-likeness (QED) is 0.742. The molecule has 0 unspecified atom stereocenters. The predicted octanol–water partition coefficient (Wildman–Crippen LogP) is 4.33. The van der Waals surface area contributed by atoms with Crippen LogP contribution in [-0.4, -0.2) is 6.61 Å². The average molecular weight is 283 g/mol. The van der Waals surface area contributed by atoms with Crippen LogP contribution in [0.4, 0.5) is 8.78 Å². The van der Waals surface area contributed by atoms with E-state index in [0.29, 0.717) is 12.0 Å². The molecule has 0 saturated heterocycles. The lowest BCUT2D eigenvalue weighted by Gasteiger charge is -2.09. The number of hydrogen-bond acceptors (Lipinski definition) is 1. The van der Waals surface area contributed by atoms with E-state index in [-0.39, 0.29) is 18.2 Å². The van der Waals surface area contributed by atoms with Gasteiger partial charge >= 0.3 is 0 Å². The minimum absolute atomic E-state index is 0.0676. The third-order valence-corrected chi connectivity index (χ3v) is 3.00. The Bertz CT molecular complexity index is 520. The minimum atomic E-state index is -0.719. The van der Waals surface area contributed by atoms with Crippen molar-refractivity contribution in [2.75, 3.05) is 6.61 Å². The summed E-state index contributed by atoms with van der Waals surface area (Å²) in [4.78, 5) is 0. The summed E-state index contributed by atoms with van der Waals surface area (Å²) in [5.74, 6) is -1.71. The highest BCUT2D eigenvalue weighted by molar-refractivity contribution is 6.17. The highest BCUT2D eigenvalue weighted by atomic mass is 35.5. The zero-order valence-corrected chi connectivity index (χ0v) is 11.0. The number of benzene rings is 2. The van der Waals surface area contributed by atoms with Gasteiger partial charge in [0.05, 0.1) is 6.61 Å². The van der Waals surface area contributed by atoms with Gasteiger partial charge in [0.2, 0.25) is 0 Å². The molecule has 0 bridgehead atoms. The van der Waals surface area contributed by atoms with E-state index < -0.39 is 11.6 Å². The van der Waals surface area contributed by atoms with Crippen molar-refractivity contribution in [2.24, 2.45) is 0 Å². The standard InChI is InChI=1S/C15H13ClF2O/c16-10-12-8-13(17)15(14(18)9-12)19-7-6-11-4-2-1-3-5-11/h1-5,8-9H,6-7,10H2. The Labute approximate surface area is 115 Å². The van der Waals surface area contributed by atoms with E-state index in [1.165, 1.54) is 12.1 Å². The Morgan fingerprint density at radius 2 is 1.58 bits per heavy atom. The number of rotatable bonds is 5. The predicted molar refractivity (Wildman–Crippen MR) is 71.6 cm³/mol. The molecule has 4 heteroatoms. The van der Waals surface area contributed by atoms with E-state index >= 15 is 0 Å². The first kappa shape index (κ1) is 13.8. The fourth-order valence-electron chi connectivity index (χ4n) is 1.74. The summed E-state index contributed by atoms with van der Waals surface area (Å²) in [6.45, 7) is 0.220. The van der Waals surface area contributed by atoms with Gasteiger partial charge < -0.3 is 4.74 Å². The van der Waals surface area contributed by atoms with Crippen LogP contribution < -0.4 is 4.74 Å². The third-order valence-electron chi connectivity index (χ3n) is 2.69. The van der Waals surface area contributed by atoms with Crippen molar-refractivity contribution in [3.63, 3.8) is 0 Å². The zero-order valence-electron chi connectivity index (χ0n) is 10.2. The monoisotopic (exact) mass is 282 g/mol. The molecule has 0 radical (unpaired) electrons. The molecule has 0 amide bonds. The van der Waals surface area contributed by atoms with E-state index in [0.717, 1.165) is 5.56 Å². The molecule has 19 heavy (non-hydrogen) atoms. The van der Waals surface area contributed by atoms with Crippen LogP contribution in [-0.2, 0) is 12.3 Å². The van der Waals surface area contributed by atoms with Crippen LogP contribution >= 0.6 is 11.6 Å². The van der Waals surface area contributed by atoms with Crippen molar-refractivity contribution >= 4 is 11.6 Å². The van der Waals surface area contributed by atoms with Gasteiger partial charge in [0.25, 0.3) is 0 Å². The fraction of sp³-hybridized carbons (Fsp3) is 0.200. The first-order valence-electron chi connectivity index (χ1n) is 5.91. The van der Waals surface area contributed by atoms with Gasteiger partial charge in [-0.25, -0.2) is 8.78 Å². The number of hydrogen-bond donors (Lipinski definition) is 0. The molecule has 0 aromatic heterocycles. The number of halogens is 3. The molecule has 0 aliphatic rings. The Morgan fingerprint density at radius 3 is 2.16 bits per heavy atom. The van der Waals surface area contributed by atoms with Crippen molar-refractivity contribution in [3.05, 3.63) is 65.2 Å². The largest absolute Gasteiger partial charge is 0.487 e. The van der Waals surface area contributed by atoms with Gasteiger partial charge in [0.15, 0.2) is 17.4 Å². The molecule has 2 aromatic carbocycles. The molecule has 2 rings (SSSR count). The first-order valence-corrected chi connectivity index (χ1v) is 6.45. The summed E-state index contributed by atoms with van der Waals surface area (Å²) in [6.07, 6.45) is 0.594. The highest BCUT2D eigenvalue weighted by Crippen LogP contribution is 2.24. The number of ether oxygens (including phenoxy) is 1. The van der Waals surface area contributed by atoms with Gasteiger partial charge in [-0.1, -0.05) is 30.3 Å². The first-order chi connectivity index (χ1) is 9.20. The van der Waals surface area contributed by atoms with E-state index in [2.05, 4.69) is 0 Å². The van der Waals surface area contributed by atoms with Crippen LogP contribution in [0.3, 0.4) is 0 Å². The molecule has 0 fully saturated rings. The second-order valence-electron chi connectivity index (χ2n) is 4.11. The van der Waals surface area contributed by atoms with Crippen LogP contribution in [0.25, 0.3) is 0 Å². The molecule has 2 aromatic rings. The molecular weight excluding hydrogens is 270 g/mol. The SMILES string of the molecule is Fc1cc(CCl)cc(F)c1OCCc1ccccc1. The molecule has 0 aliphatic carbocycles. The topological polar surface area (TPSA) is 9.23 Å². The maximum Gasteiger partial charge on any atom is 0.190 e. The summed E-state index contributed by atoms with van der Waals surface area (Å²) in [5, 5.41) is 0. The Balaban J connectivity index is 2.00. The minimum Gasteiger partial charge on any atom is -0.487 e. The molecule has 0 spiro atoms. The van der Waals surface area contributed by atoms with Gasteiger partial charge in [0, 0.05) is 12.3 Å². The van der Waals surface area contributed by atoms with Gasteiger partial charge in [-0.2, -0.15) is 0 Å². The summed E-state index contributed by atoms with van der Waals surface area (Å²) < 4.78 is 32.4. The fourth-order valence-corrected chi connectivity index (χ4v) is 1.90. The van der Waals surface area contributed by atoms with E-state index in [4.69, 9.17) is 16.3 Å². The molecule has 0 aliphatic heterocycles. The lowest BCUT2D eigenvalue weighted by Crippen LogP contribution is -2.05. The van der Waals surface area contributed by atoms with Gasteiger partial charge in [-0.3, -0.25) is 0 Å². The lowest BCUT2D eigenvalue weighted by atomic mass is 10.2. The van der Waals surface area contributed by atoms with E-state index in [9.17, 15) is 8.78 Å². The molecule has 1 nitrogen and oxygen atoms in total. The van der Waals surface area contributed by atoms with Crippen LogP contribution in [0.15, 0.2) is 42.5 Å². The summed E-state index contributed by atoms with van der Waals surface area (Å²) in [5.41, 5.74) is 1.45. The highest BCUT2D eigenvalue weighted by Gasteiger charge is 2.12. The lowest BCUT2D eigenvalue weighted by molar-refractivity contribution is 0.288. The van der Waals surface area contributed by atoms with Gasteiger partial charge in [0.1, 0.15) is 0 Å². The van der Waals surface area contributed by atoms with Crippen molar-refractivity contribution in [2.45, 2.75) is 12.3 Å². The maximum atomic E-state index is 13.6. The Hall–Kier alpha value is -1.61. The van der Waals surface area contributed by atoms with Crippen LogP contribution in [0.1, 0.15) is 11.1 Å². The summed E-state index contributed by atoms with van der Waals surface area (Å²) in [6, 6.07) is 12.0. The Morgan fingerprint density at radius 1 is 0.947 bits per heavy atom. The van der Waals surface area contributed by atoms with Crippen molar-refractivity contribution in [1.29, 1.82) is 0 Å². The molecular formula is C15H13ClF2O. The molecule has 0 saturated carbocycles. The smallest absolute Gasteiger partial charge is 0.190 e. The molecule has 0 N–H and O–H groups in total. The second-order valence-corrected chi connectivity index (χ2v) is 4.37.